The first-order chi connectivity index (χ1) is 9.51. The molecule has 3 N–H and O–H groups in total. The van der Waals surface area contributed by atoms with Crippen LogP contribution in [-0.4, -0.2) is 22.9 Å². The van der Waals surface area contributed by atoms with Crippen LogP contribution in [0.1, 0.15) is 21.5 Å². The van der Waals surface area contributed by atoms with E-state index in [2.05, 4.69) is 10.4 Å². The molecule has 0 saturated heterocycles. The lowest BCUT2D eigenvalue weighted by Gasteiger charge is -2.11. The molecule has 0 bridgehead atoms. The van der Waals surface area contributed by atoms with Crippen LogP contribution in [0.2, 0.25) is 0 Å². The van der Waals surface area contributed by atoms with Gasteiger partial charge in [0.15, 0.2) is 0 Å². The van der Waals surface area contributed by atoms with Crippen LogP contribution in [0.3, 0.4) is 0 Å². The number of carbonyl (C=O) groups excluding carboxylic acids is 1. The van der Waals surface area contributed by atoms with Crippen LogP contribution in [0.15, 0.2) is 24.5 Å². The maximum atomic E-state index is 11.7. The molecule has 0 unspecified atom stereocenters. The lowest BCUT2D eigenvalue weighted by Crippen LogP contribution is -2.09. The first-order valence-electron chi connectivity index (χ1n) is 6.21. The molecule has 6 heteroatoms. The van der Waals surface area contributed by atoms with Gasteiger partial charge in [-0.1, -0.05) is 0 Å². The standard InChI is InChI=1S/C14H18N4O2/c1-9-4-11(5-12(13(9)15)14(19)20-3)16-6-10-7-17-18(2)8-10/h4-5,7-8,16H,6,15H2,1-3H3. The number of nitrogens with zero attached hydrogens (tertiary/aromatic N) is 2. The molecule has 1 aromatic heterocycles. The number of nitrogens with two attached hydrogens (primary N) is 1. The summed E-state index contributed by atoms with van der Waals surface area (Å²) in [7, 11) is 3.21. The van der Waals surface area contributed by atoms with Crippen LogP contribution in [0.5, 0.6) is 0 Å². The van der Waals surface area contributed by atoms with Crippen molar-refractivity contribution in [1.29, 1.82) is 0 Å². The summed E-state index contributed by atoms with van der Waals surface area (Å²) in [6.07, 6.45) is 3.72. The van der Waals surface area contributed by atoms with Crippen LogP contribution < -0.4 is 11.1 Å². The summed E-state index contributed by atoms with van der Waals surface area (Å²) in [5.41, 5.74) is 9.43. The molecule has 2 aromatic rings. The third-order valence-corrected chi connectivity index (χ3v) is 3.05. The third kappa shape index (κ3) is 2.90. The van der Waals surface area contributed by atoms with Gasteiger partial charge in [0.05, 0.1) is 18.9 Å². The number of anilines is 2. The van der Waals surface area contributed by atoms with E-state index in [1.54, 1.807) is 16.9 Å². The van der Waals surface area contributed by atoms with Gasteiger partial charge < -0.3 is 15.8 Å². The quantitative estimate of drug-likeness (QED) is 0.655. The van der Waals surface area contributed by atoms with Crippen LogP contribution in [-0.2, 0) is 18.3 Å². The van der Waals surface area contributed by atoms with Crippen molar-refractivity contribution in [2.75, 3.05) is 18.2 Å². The topological polar surface area (TPSA) is 82.2 Å². The first kappa shape index (κ1) is 13.9. The number of aromatic nitrogens is 2. The Hall–Kier alpha value is -2.50. The molecule has 2 rings (SSSR count). The van der Waals surface area contributed by atoms with Gasteiger partial charge in [-0.25, -0.2) is 4.79 Å². The molecule has 1 heterocycles. The molecule has 0 radical (unpaired) electrons. The van der Waals surface area contributed by atoms with Gasteiger partial charge in [0.25, 0.3) is 0 Å². The van der Waals surface area contributed by atoms with Crippen molar-refractivity contribution in [1.82, 2.24) is 9.78 Å². The van der Waals surface area contributed by atoms with E-state index in [-0.39, 0.29) is 0 Å². The number of aryl methyl sites for hydroxylation is 2. The van der Waals surface area contributed by atoms with Crippen LogP contribution in [0, 0.1) is 6.92 Å². The lowest BCUT2D eigenvalue weighted by atomic mass is 10.1. The Labute approximate surface area is 117 Å². The van der Waals surface area contributed by atoms with E-state index < -0.39 is 5.97 Å². The minimum atomic E-state index is -0.435. The van der Waals surface area contributed by atoms with Gasteiger partial charge in [0.2, 0.25) is 0 Å². The van der Waals surface area contributed by atoms with E-state index in [9.17, 15) is 4.79 Å². The van der Waals surface area contributed by atoms with E-state index >= 15 is 0 Å². The fraction of sp³-hybridized carbons (Fsp3) is 0.286. The number of esters is 1. The first-order valence-corrected chi connectivity index (χ1v) is 6.21. The zero-order valence-electron chi connectivity index (χ0n) is 11.8. The minimum absolute atomic E-state index is 0.376. The largest absolute Gasteiger partial charge is 0.465 e. The highest BCUT2D eigenvalue weighted by atomic mass is 16.5. The maximum absolute atomic E-state index is 11.7. The van der Waals surface area contributed by atoms with Gasteiger partial charge in [-0.15, -0.1) is 0 Å². The predicted molar refractivity (Wildman–Crippen MR) is 77.5 cm³/mol. The zero-order valence-corrected chi connectivity index (χ0v) is 11.8. The number of nitrogen functional groups attached to an aromatic ring is 1. The van der Waals surface area contributed by atoms with Gasteiger partial charge >= 0.3 is 5.97 Å². The van der Waals surface area contributed by atoms with Crippen LogP contribution in [0.25, 0.3) is 0 Å². The number of ether oxygens (including phenoxy) is 1. The summed E-state index contributed by atoms with van der Waals surface area (Å²) in [5, 5.41) is 7.35. The molecule has 0 aliphatic carbocycles. The molecule has 0 aliphatic heterocycles. The average Bonchev–Trinajstić information content (AvgIpc) is 2.85. The van der Waals surface area contributed by atoms with Gasteiger partial charge in [0.1, 0.15) is 0 Å². The van der Waals surface area contributed by atoms with Gasteiger partial charge in [-0.3, -0.25) is 4.68 Å². The second-order valence-electron chi connectivity index (χ2n) is 4.62. The summed E-state index contributed by atoms with van der Waals surface area (Å²) in [6.45, 7) is 2.48. The van der Waals surface area contributed by atoms with Crippen molar-refractivity contribution in [2.24, 2.45) is 7.05 Å². The van der Waals surface area contributed by atoms with E-state index in [1.165, 1.54) is 7.11 Å². The van der Waals surface area contributed by atoms with Crippen molar-refractivity contribution >= 4 is 17.3 Å². The average molecular weight is 274 g/mol. The molecule has 20 heavy (non-hydrogen) atoms. The Morgan fingerprint density at radius 3 is 2.85 bits per heavy atom. The Balaban J connectivity index is 2.19. The van der Waals surface area contributed by atoms with Crippen molar-refractivity contribution in [3.63, 3.8) is 0 Å². The molecule has 0 saturated carbocycles. The molecule has 0 fully saturated rings. The fourth-order valence-electron chi connectivity index (χ4n) is 1.95. The van der Waals surface area contributed by atoms with E-state index in [0.717, 1.165) is 16.8 Å². The normalized spacial score (nSPS) is 10.3. The SMILES string of the molecule is COC(=O)c1cc(NCc2cnn(C)c2)cc(C)c1N. The van der Waals surface area contributed by atoms with Gasteiger partial charge in [-0.05, 0) is 24.6 Å². The highest BCUT2D eigenvalue weighted by Crippen LogP contribution is 2.23. The monoisotopic (exact) mass is 274 g/mol. The molecular weight excluding hydrogens is 256 g/mol. The summed E-state index contributed by atoms with van der Waals surface area (Å²) in [4.78, 5) is 11.7. The number of benzene rings is 1. The van der Waals surface area contributed by atoms with E-state index in [0.29, 0.717) is 17.8 Å². The van der Waals surface area contributed by atoms with Gasteiger partial charge in [-0.2, -0.15) is 5.10 Å². The Bertz CT molecular complexity index is 634. The smallest absolute Gasteiger partial charge is 0.340 e. The summed E-state index contributed by atoms with van der Waals surface area (Å²) in [6, 6.07) is 3.60. The highest BCUT2D eigenvalue weighted by molar-refractivity contribution is 5.97. The van der Waals surface area contributed by atoms with Crippen LogP contribution >= 0.6 is 0 Å². The number of rotatable bonds is 4. The minimum Gasteiger partial charge on any atom is -0.465 e. The second-order valence-corrected chi connectivity index (χ2v) is 4.62. The predicted octanol–water partition coefficient (Wildman–Crippen LogP) is 1.71. The van der Waals surface area contributed by atoms with Crippen molar-refractivity contribution in [2.45, 2.75) is 13.5 Å². The number of hydrogen-bond acceptors (Lipinski definition) is 5. The Kier molecular flexibility index (Phi) is 3.93. The second kappa shape index (κ2) is 5.64. The molecule has 0 spiro atoms. The lowest BCUT2D eigenvalue weighted by molar-refractivity contribution is 0.0602. The summed E-state index contributed by atoms with van der Waals surface area (Å²) < 4.78 is 6.47. The summed E-state index contributed by atoms with van der Waals surface area (Å²) >= 11 is 0. The number of carbonyl (C=O) groups is 1. The third-order valence-electron chi connectivity index (χ3n) is 3.05. The Morgan fingerprint density at radius 2 is 2.25 bits per heavy atom. The van der Waals surface area contributed by atoms with Crippen molar-refractivity contribution in [3.05, 3.63) is 41.2 Å². The number of methoxy groups -OCH3 is 1. The Morgan fingerprint density at radius 1 is 1.50 bits per heavy atom. The molecule has 106 valence electrons. The highest BCUT2D eigenvalue weighted by Gasteiger charge is 2.13. The van der Waals surface area contributed by atoms with Crippen LogP contribution in [0.4, 0.5) is 11.4 Å². The molecule has 0 amide bonds. The molecule has 6 nitrogen and oxygen atoms in total. The maximum Gasteiger partial charge on any atom is 0.340 e. The van der Waals surface area contributed by atoms with E-state index in [4.69, 9.17) is 10.5 Å². The molecule has 0 atom stereocenters. The number of nitrogens with one attached hydrogen (secondary N) is 1. The van der Waals surface area contributed by atoms with Gasteiger partial charge in [0, 0.05) is 36.7 Å². The number of hydrogen-bond donors (Lipinski definition) is 2. The van der Waals surface area contributed by atoms with Crippen molar-refractivity contribution < 1.29 is 9.53 Å². The zero-order chi connectivity index (χ0) is 14.7. The fourth-order valence-corrected chi connectivity index (χ4v) is 1.95. The molecular formula is C14H18N4O2. The molecule has 0 aliphatic rings. The van der Waals surface area contributed by atoms with E-state index in [1.807, 2.05) is 26.2 Å². The molecule has 1 aromatic carbocycles. The van der Waals surface area contributed by atoms with Crippen molar-refractivity contribution in [3.8, 4) is 0 Å². The summed E-state index contributed by atoms with van der Waals surface area (Å²) in [5.74, 6) is -0.435.